The molecule has 0 fully saturated rings. The predicted octanol–water partition coefficient (Wildman–Crippen LogP) is 2.45. The van der Waals surface area contributed by atoms with Crippen LogP contribution in [0.5, 0.6) is 0 Å². The molecule has 1 amide bonds. The van der Waals surface area contributed by atoms with Crippen LogP contribution in [0.15, 0.2) is 30.5 Å². The number of anilines is 1. The zero-order valence-corrected chi connectivity index (χ0v) is 13.2. The molecule has 6 heteroatoms. The summed E-state index contributed by atoms with van der Waals surface area (Å²) in [6.45, 7) is 3.02. The van der Waals surface area contributed by atoms with Gasteiger partial charge >= 0.3 is 0 Å². The smallest absolute Gasteiger partial charge is 0.238 e. The minimum Gasteiger partial charge on any atom is -0.325 e. The van der Waals surface area contributed by atoms with E-state index in [-0.39, 0.29) is 5.91 Å². The van der Waals surface area contributed by atoms with Crippen molar-refractivity contribution in [1.82, 2.24) is 14.7 Å². The van der Waals surface area contributed by atoms with Crippen molar-refractivity contribution in [2.75, 3.05) is 18.9 Å². The highest BCUT2D eigenvalue weighted by atomic mass is 35.5. The Bertz CT molecular complexity index is 621. The normalized spacial score (nSPS) is 10.9. The summed E-state index contributed by atoms with van der Waals surface area (Å²) in [6, 6.07) is 7.07. The van der Waals surface area contributed by atoms with Crippen molar-refractivity contribution in [3.05, 3.63) is 46.7 Å². The number of nitrogens with zero attached hydrogens (tertiary/aromatic N) is 3. The summed E-state index contributed by atoms with van der Waals surface area (Å²) in [5, 5.41) is 7.70. The molecule has 0 saturated carbocycles. The summed E-state index contributed by atoms with van der Waals surface area (Å²) in [4.78, 5) is 13.9. The standard InChI is InChI=1S/C15H19ClN4O/c1-11-12(8-17-20(11)3)9-19(2)10-15(21)18-14-6-4-13(16)5-7-14/h4-8H,9-10H2,1-3H3,(H,18,21). The van der Waals surface area contributed by atoms with E-state index in [1.165, 1.54) is 0 Å². The highest BCUT2D eigenvalue weighted by molar-refractivity contribution is 6.30. The Hall–Kier alpha value is -1.85. The van der Waals surface area contributed by atoms with Crippen LogP contribution in [-0.4, -0.2) is 34.2 Å². The van der Waals surface area contributed by atoms with Crippen molar-refractivity contribution in [2.45, 2.75) is 13.5 Å². The Morgan fingerprint density at radius 2 is 2.05 bits per heavy atom. The van der Waals surface area contributed by atoms with Gasteiger partial charge in [-0.05, 0) is 38.2 Å². The second kappa shape index (κ2) is 6.74. The van der Waals surface area contributed by atoms with E-state index in [1.54, 1.807) is 24.3 Å². The summed E-state index contributed by atoms with van der Waals surface area (Å²) in [5.74, 6) is -0.0543. The monoisotopic (exact) mass is 306 g/mol. The third-order valence-corrected chi connectivity index (χ3v) is 3.57. The van der Waals surface area contributed by atoms with E-state index in [2.05, 4.69) is 10.4 Å². The van der Waals surface area contributed by atoms with Gasteiger partial charge < -0.3 is 5.32 Å². The average molecular weight is 307 g/mol. The summed E-state index contributed by atoms with van der Waals surface area (Å²) in [5.41, 5.74) is 2.98. The van der Waals surface area contributed by atoms with Crippen LogP contribution in [0.4, 0.5) is 5.69 Å². The number of rotatable bonds is 5. The number of aromatic nitrogens is 2. The fraction of sp³-hybridized carbons (Fsp3) is 0.333. The number of halogens is 1. The lowest BCUT2D eigenvalue weighted by molar-refractivity contribution is -0.117. The zero-order chi connectivity index (χ0) is 15.4. The Morgan fingerprint density at radius 1 is 1.38 bits per heavy atom. The maximum Gasteiger partial charge on any atom is 0.238 e. The summed E-state index contributed by atoms with van der Waals surface area (Å²) < 4.78 is 1.83. The number of carbonyl (C=O) groups is 1. The van der Waals surface area contributed by atoms with Gasteiger partial charge in [0.15, 0.2) is 0 Å². The van der Waals surface area contributed by atoms with E-state index in [4.69, 9.17) is 11.6 Å². The van der Waals surface area contributed by atoms with Gasteiger partial charge in [-0.1, -0.05) is 11.6 Å². The molecule has 0 unspecified atom stereocenters. The van der Waals surface area contributed by atoms with Gasteiger partial charge in [-0.15, -0.1) is 0 Å². The first-order valence-electron chi connectivity index (χ1n) is 6.67. The summed E-state index contributed by atoms with van der Waals surface area (Å²) in [6.07, 6.45) is 1.84. The lowest BCUT2D eigenvalue weighted by Gasteiger charge is -2.16. The van der Waals surface area contributed by atoms with Crippen molar-refractivity contribution >= 4 is 23.2 Å². The topological polar surface area (TPSA) is 50.2 Å². The van der Waals surface area contributed by atoms with E-state index >= 15 is 0 Å². The molecule has 1 aromatic heterocycles. The van der Waals surface area contributed by atoms with Crippen LogP contribution in [-0.2, 0) is 18.4 Å². The minimum atomic E-state index is -0.0543. The number of nitrogens with one attached hydrogen (secondary N) is 1. The Balaban J connectivity index is 1.87. The van der Waals surface area contributed by atoms with Crippen molar-refractivity contribution in [1.29, 1.82) is 0 Å². The molecule has 0 aliphatic heterocycles. The van der Waals surface area contributed by atoms with Crippen LogP contribution in [0.25, 0.3) is 0 Å². The fourth-order valence-electron chi connectivity index (χ4n) is 2.02. The Kier molecular flexibility index (Phi) is 4.98. The van der Waals surface area contributed by atoms with E-state index in [0.29, 0.717) is 18.1 Å². The second-order valence-electron chi connectivity index (χ2n) is 5.11. The van der Waals surface area contributed by atoms with Gasteiger partial charge in [0, 0.05) is 35.6 Å². The lowest BCUT2D eigenvalue weighted by atomic mass is 10.2. The molecule has 112 valence electrons. The average Bonchev–Trinajstić information content (AvgIpc) is 2.73. The molecule has 1 aromatic carbocycles. The number of likely N-dealkylation sites (N-methyl/N-ethyl adjacent to an activating group) is 1. The molecular weight excluding hydrogens is 288 g/mol. The van der Waals surface area contributed by atoms with Gasteiger partial charge in [0.25, 0.3) is 0 Å². The van der Waals surface area contributed by atoms with Crippen molar-refractivity contribution in [3.63, 3.8) is 0 Å². The molecule has 1 heterocycles. The SMILES string of the molecule is Cc1c(CN(C)CC(=O)Nc2ccc(Cl)cc2)cnn1C. The van der Waals surface area contributed by atoms with Crippen LogP contribution < -0.4 is 5.32 Å². The van der Waals surface area contributed by atoms with Crippen LogP contribution >= 0.6 is 11.6 Å². The number of amides is 1. The third kappa shape index (κ3) is 4.31. The van der Waals surface area contributed by atoms with Crippen molar-refractivity contribution in [2.24, 2.45) is 7.05 Å². The first kappa shape index (κ1) is 15.5. The maximum atomic E-state index is 12.0. The number of aryl methyl sites for hydroxylation is 1. The molecular formula is C15H19ClN4O. The molecule has 0 radical (unpaired) electrons. The number of hydrogen-bond acceptors (Lipinski definition) is 3. The molecule has 1 N–H and O–H groups in total. The molecule has 0 spiro atoms. The van der Waals surface area contributed by atoms with E-state index in [9.17, 15) is 4.79 Å². The molecule has 0 aliphatic carbocycles. The Labute approximate surface area is 129 Å². The minimum absolute atomic E-state index is 0.0543. The van der Waals surface area contributed by atoms with E-state index in [1.807, 2.05) is 36.8 Å². The number of carbonyl (C=O) groups excluding carboxylic acids is 1. The highest BCUT2D eigenvalue weighted by Gasteiger charge is 2.10. The molecule has 21 heavy (non-hydrogen) atoms. The molecule has 5 nitrogen and oxygen atoms in total. The summed E-state index contributed by atoms with van der Waals surface area (Å²) >= 11 is 5.81. The Morgan fingerprint density at radius 3 is 2.62 bits per heavy atom. The molecule has 0 aliphatic rings. The van der Waals surface area contributed by atoms with Gasteiger partial charge in [0.1, 0.15) is 0 Å². The van der Waals surface area contributed by atoms with Gasteiger partial charge in [0.2, 0.25) is 5.91 Å². The van der Waals surface area contributed by atoms with Crippen LogP contribution in [0.1, 0.15) is 11.3 Å². The molecule has 0 saturated heterocycles. The predicted molar refractivity (Wildman–Crippen MR) is 84.4 cm³/mol. The van der Waals surface area contributed by atoms with Crippen molar-refractivity contribution in [3.8, 4) is 0 Å². The summed E-state index contributed by atoms with van der Waals surface area (Å²) in [7, 11) is 3.82. The van der Waals surface area contributed by atoms with Gasteiger partial charge in [-0.3, -0.25) is 14.4 Å². The van der Waals surface area contributed by atoms with Crippen LogP contribution in [0.2, 0.25) is 5.02 Å². The quantitative estimate of drug-likeness (QED) is 0.923. The number of hydrogen-bond donors (Lipinski definition) is 1. The van der Waals surface area contributed by atoms with Gasteiger partial charge in [-0.2, -0.15) is 5.10 Å². The van der Waals surface area contributed by atoms with Crippen LogP contribution in [0.3, 0.4) is 0 Å². The molecule has 0 bridgehead atoms. The first-order valence-corrected chi connectivity index (χ1v) is 7.05. The number of benzene rings is 1. The first-order chi connectivity index (χ1) is 9.95. The lowest BCUT2D eigenvalue weighted by Crippen LogP contribution is -2.29. The molecule has 2 aromatic rings. The molecule has 0 atom stereocenters. The second-order valence-corrected chi connectivity index (χ2v) is 5.54. The van der Waals surface area contributed by atoms with Gasteiger partial charge in [-0.25, -0.2) is 0 Å². The molecule has 2 rings (SSSR count). The third-order valence-electron chi connectivity index (χ3n) is 3.32. The van der Waals surface area contributed by atoms with E-state index < -0.39 is 0 Å². The maximum absolute atomic E-state index is 12.0. The fourth-order valence-corrected chi connectivity index (χ4v) is 2.15. The zero-order valence-electron chi connectivity index (χ0n) is 12.4. The van der Waals surface area contributed by atoms with Crippen LogP contribution in [0, 0.1) is 6.92 Å². The van der Waals surface area contributed by atoms with Gasteiger partial charge in [0.05, 0.1) is 12.7 Å². The van der Waals surface area contributed by atoms with E-state index in [0.717, 1.165) is 16.9 Å². The largest absolute Gasteiger partial charge is 0.325 e. The highest BCUT2D eigenvalue weighted by Crippen LogP contribution is 2.13. The van der Waals surface area contributed by atoms with Crippen molar-refractivity contribution < 1.29 is 4.79 Å².